The quantitative estimate of drug-likeness (QED) is 0.363. The third-order valence-corrected chi connectivity index (χ3v) is 7.00. The molecule has 1 aliphatic heterocycles. The van der Waals surface area contributed by atoms with Gasteiger partial charge in [-0.3, -0.25) is 9.78 Å². The van der Waals surface area contributed by atoms with Gasteiger partial charge in [-0.1, -0.05) is 6.07 Å². The number of aromatic nitrogens is 7. The highest BCUT2D eigenvalue weighted by Gasteiger charge is 2.39. The molecule has 7 heterocycles. The molecule has 6 aromatic heterocycles. The Morgan fingerprint density at radius 2 is 1.92 bits per heavy atom. The van der Waals surface area contributed by atoms with Crippen LogP contribution < -0.4 is 0 Å². The maximum Gasteiger partial charge on any atom is 0.418 e. The number of nitrogens with zero attached hydrogens (tertiary/aromatic N) is 7. The van der Waals surface area contributed by atoms with E-state index in [0.717, 1.165) is 23.0 Å². The van der Waals surface area contributed by atoms with E-state index in [-0.39, 0.29) is 11.4 Å². The van der Waals surface area contributed by atoms with Crippen LogP contribution in [-0.2, 0) is 12.6 Å². The molecule has 0 saturated heterocycles. The van der Waals surface area contributed by atoms with Gasteiger partial charge in [0.25, 0.3) is 5.91 Å². The largest absolute Gasteiger partial charge is 0.418 e. The van der Waals surface area contributed by atoms with Gasteiger partial charge in [0.2, 0.25) is 0 Å². The summed E-state index contributed by atoms with van der Waals surface area (Å²) >= 11 is 0. The normalized spacial score (nSPS) is 15.7. The molecule has 0 radical (unpaired) electrons. The summed E-state index contributed by atoms with van der Waals surface area (Å²) in [7, 11) is 0. The Balaban J connectivity index is 1.31. The number of fused-ring (bicyclic) bond motifs is 3. The molecule has 0 spiro atoms. The molecule has 1 aliphatic rings. The van der Waals surface area contributed by atoms with Crippen molar-refractivity contribution in [3.8, 4) is 11.3 Å². The van der Waals surface area contributed by atoms with E-state index in [2.05, 4.69) is 25.1 Å². The first-order chi connectivity index (χ1) is 18.9. The number of alkyl halides is 3. The third-order valence-electron chi connectivity index (χ3n) is 7.00. The zero-order valence-corrected chi connectivity index (χ0v) is 20.2. The van der Waals surface area contributed by atoms with E-state index < -0.39 is 17.8 Å². The summed E-state index contributed by atoms with van der Waals surface area (Å²) in [5.74, 6) is -0.317. The standard InChI is InChI=1S/C27H19F3N8O/c28-27(29,30)18-4-3-10-37-23(18)12-21(35-37)25-24-20(32-15-33-24)8-11-36(25)26(39)17-13-34-38-14-16(6-7-22(17)38)19-5-1-2-9-31-19/h1-7,9-10,12-15,25H,8,11H2,(H,32,33)/t25-/m0/s1. The first-order valence-electron chi connectivity index (χ1n) is 12.2. The molecule has 39 heavy (non-hydrogen) atoms. The van der Waals surface area contributed by atoms with Gasteiger partial charge in [-0.15, -0.1) is 0 Å². The molecule has 0 aliphatic carbocycles. The number of nitrogens with one attached hydrogen (secondary N) is 1. The predicted molar refractivity (Wildman–Crippen MR) is 134 cm³/mol. The molecule has 1 atom stereocenters. The monoisotopic (exact) mass is 528 g/mol. The maximum absolute atomic E-state index is 14.0. The fraction of sp³-hybridized carbons (Fsp3) is 0.148. The van der Waals surface area contributed by atoms with Crippen molar-refractivity contribution in [2.45, 2.75) is 18.6 Å². The Hall–Kier alpha value is -5.00. The first-order valence-corrected chi connectivity index (χ1v) is 12.2. The van der Waals surface area contributed by atoms with Crippen molar-refractivity contribution < 1.29 is 18.0 Å². The van der Waals surface area contributed by atoms with Crippen LogP contribution in [0.25, 0.3) is 22.3 Å². The zero-order valence-electron chi connectivity index (χ0n) is 20.2. The Morgan fingerprint density at radius 3 is 2.74 bits per heavy atom. The molecule has 1 amide bonds. The number of aromatic amines is 1. The molecule has 0 unspecified atom stereocenters. The highest BCUT2D eigenvalue weighted by atomic mass is 19.4. The van der Waals surface area contributed by atoms with E-state index in [0.29, 0.717) is 35.4 Å². The average molecular weight is 528 g/mol. The van der Waals surface area contributed by atoms with Gasteiger partial charge in [-0.2, -0.15) is 23.4 Å². The van der Waals surface area contributed by atoms with Crippen molar-refractivity contribution in [2.75, 3.05) is 6.54 Å². The second-order valence-electron chi connectivity index (χ2n) is 9.26. The summed E-state index contributed by atoms with van der Waals surface area (Å²) in [5.41, 5.74) is 3.35. The van der Waals surface area contributed by atoms with Gasteiger partial charge < -0.3 is 9.88 Å². The average Bonchev–Trinajstić information content (AvgIpc) is 3.69. The lowest BCUT2D eigenvalue weighted by Crippen LogP contribution is -2.41. The molecular weight excluding hydrogens is 509 g/mol. The number of hydrogen-bond donors (Lipinski definition) is 1. The lowest BCUT2D eigenvalue weighted by molar-refractivity contribution is -0.136. The number of halogens is 3. The number of carbonyl (C=O) groups is 1. The van der Waals surface area contributed by atoms with E-state index in [1.54, 1.807) is 21.8 Å². The summed E-state index contributed by atoms with van der Waals surface area (Å²) in [5, 5.41) is 8.85. The summed E-state index contributed by atoms with van der Waals surface area (Å²) in [6.07, 6.45) is 3.95. The number of carbonyl (C=O) groups excluding carboxylic acids is 1. The topological polar surface area (TPSA) is 96.5 Å². The molecule has 9 nitrogen and oxygen atoms in total. The Bertz CT molecular complexity index is 1850. The lowest BCUT2D eigenvalue weighted by Gasteiger charge is -2.33. The van der Waals surface area contributed by atoms with Crippen LogP contribution in [0, 0.1) is 0 Å². The van der Waals surface area contributed by atoms with Crippen molar-refractivity contribution in [3.63, 3.8) is 0 Å². The van der Waals surface area contributed by atoms with Crippen LogP contribution in [0.1, 0.15) is 39.0 Å². The van der Waals surface area contributed by atoms with Gasteiger partial charge >= 0.3 is 6.18 Å². The van der Waals surface area contributed by atoms with Gasteiger partial charge in [0.05, 0.1) is 51.8 Å². The molecule has 1 N–H and O–H groups in total. The molecule has 194 valence electrons. The molecule has 0 fully saturated rings. The second-order valence-corrected chi connectivity index (χ2v) is 9.26. The van der Waals surface area contributed by atoms with Gasteiger partial charge in [0.15, 0.2) is 0 Å². The van der Waals surface area contributed by atoms with Crippen LogP contribution in [0.3, 0.4) is 0 Å². The van der Waals surface area contributed by atoms with Crippen LogP contribution in [0.15, 0.2) is 79.6 Å². The van der Waals surface area contributed by atoms with Crippen LogP contribution in [0.4, 0.5) is 13.2 Å². The Labute approximate surface area is 218 Å². The summed E-state index contributed by atoms with van der Waals surface area (Å²) in [6.45, 7) is 0.321. The maximum atomic E-state index is 14.0. The molecule has 0 saturated carbocycles. The van der Waals surface area contributed by atoms with Gasteiger partial charge in [-0.25, -0.2) is 14.0 Å². The number of hydrogen-bond acceptors (Lipinski definition) is 5. The van der Waals surface area contributed by atoms with E-state index in [1.807, 2.05) is 30.3 Å². The van der Waals surface area contributed by atoms with Crippen LogP contribution >= 0.6 is 0 Å². The van der Waals surface area contributed by atoms with Gasteiger partial charge in [0.1, 0.15) is 6.04 Å². The van der Waals surface area contributed by atoms with Crippen LogP contribution in [-0.4, -0.2) is 51.5 Å². The van der Waals surface area contributed by atoms with Crippen LogP contribution in [0.5, 0.6) is 0 Å². The van der Waals surface area contributed by atoms with E-state index in [1.165, 1.54) is 35.4 Å². The number of rotatable bonds is 3. The predicted octanol–water partition coefficient (Wildman–Crippen LogP) is 4.57. The highest BCUT2D eigenvalue weighted by molar-refractivity contribution is 6.01. The number of amides is 1. The minimum atomic E-state index is -4.55. The fourth-order valence-corrected chi connectivity index (χ4v) is 5.19. The van der Waals surface area contributed by atoms with Gasteiger partial charge in [0, 0.05) is 42.8 Å². The highest BCUT2D eigenvalue weighted by Crippen LogP contribution is 2.37. The van der Waals surface area contributed by atoms with Gasteiger partial charge in [-0.05, 0) is 42.5 Å². The second kappa shape index (κ2) is 8.51. The Morgan fingerprint density at radius 1 is 1.03 bits per heavy atom. The number of H-pyrrole nitrogens is 1. The number of pyridine rings is 3. The molecule has 0 bridgehead atoms. The van der Waals surface area contributed by atoms with E-state index in [9.17, 15) is 18.0 Å². The molecular formula is C27H19F3N8O. The first kappa shape index (κ1) is 23.1. The SMILES string of the molecule is O=C(c1cnn2cc(-c3ccccn3)ccc12)N1CCc2[nH]cnc2[C@@H]1c1cc2c(C(F)(F)F)cccn2n1. The summed E-state index contributed by atoms with van der Waals surface area (Å²) < 4.78 is 43.9. The Kier molecular flexibility index (Phi) is 5.05. The van der Waals surface area contributed by atoms with Crippen molar-refractivity contribution in [3.05, 3.63) is 108 Å². The molecule has 0 aromatic carbocycles. The van der Waals surface area contributed by atoms with Crippen molar-refractivity contribution >= 4 is 16.9 Å². The molecule has 12 heteroatoms. The fourth-order valence-electron chi connectivity index (χ4n) is 5.19. The lowest BCUT2D eigenvalue weighted by atomic mass is 9.98. The van der Waals surface area contributed by atoms with Crippen molar-refractivity contribution in [1.29, 1.82) is 0 Å². The van der Waals surface area contributed by atoms with E-state index in [4.69, 9.17) is 0 Å². The third kappa shape index (κ3) is 3.75. The molecule has 7 rings (SSSR count). The van der Waals surface area contributed by atoms with Crippen LogP contribution in [0.2, 0.25) is 0 Å². The van der Waals surface area contributed by atoms with E-state index >= 15 is 0 Å². The summed E-state index contributed by atoms with van der Waals surface area (Å²) in [6, 6.07) is 12.2. The molecule has 6 aromatic rings. The number of imidazole rings is 1. The van der Waals surface area contributed by atoms with Crippen molar-refractivity contribution in [1.82, 2.24) is 39.1 Å². The smallest absolute Gasteiger partial charge is 0.348 e. The zero-order chi connectivity index (χ0) is 26.7. The van der Waals surface area contributed by atoms with Crippen molar-refractivity contribution in [2.24, 2.45) is 0 Å². The minimum absolute atomic E-state index is 0.0897. The summed E-state index contributed by atoms with van der Waals surface area (Å²) in [4.78, 5) is 27.5. The minimum Gasteiger partial charge on any atom is -0.348 e.